The van der Waals surface area contributed by atoms with E-state index >= 15 is 0 Å². The number of fused-ring (bicyclic) bond motifs is 1. The summed E-state index contributed by atoms with van der Waals surface area (Å²) < 4.78 is 0. The van der Waals surface area contributed by atoms with Crippen molar-refractivity contribution in [2.24, 2.45) is 0 Å². The summed E-state index contributed by atoms with van der Waals surface area (Å²) in [4.78, 5) is 21.8. The monoisotopic (exact) mass is 308 g/mol. The molecule has 23 heavy (non-hydrogen) atoms. The van der Waals surface area contributed by atoms with E-state index in [2.05, 4.69) is 50.6 Å². The maximum absolute atomic E-state index is 11.8. The molecule has 0 saturated carbocycles. The number of aromatic nitrogens is 3. The van der Waals surface area contributed by atoms with Gasteiger partial charge >= 0.3 is 0 Å². The highest BCUT2D eigenvalue weighted by Gasteiger charge is 2.27. The Hall–Kier alpha value is -2.40. The van der Waals surface area contributed by atoms with E-state index in [-0.39, 0.29) is 11.6 Å². The predicted molar refractivity (Wildman–Crippen MR) is 90.4 cm³/mol. The maximum Gasteiger partial charge on any atom is 0.275 e. The molecule has 1 aliphatic rings. The Bertz CT molecular complexity index is 852. The van der Waals surface area contributed by atoms with Gasteiger partial charge in [-0.25, -0.2) is 4.98 Å². The van der Waals surface area contributed by atoms with E-state index in [1.807, 2.05) is 6.20 Å². The van der Waals surface area contributed by atoms with Crippen LogP contribution in [-0.4, -0.2) is 21.0 Å². The third-order valence-corrected chi connectivity index (χ3v) is 4.74. The number of nitrogens with zero attached hydrogens (tertiary/aromatic N) is 1. The first kappa shape index (κ1) is 14.2. The summed E-state index contributed by atoms with van der Waals surface area (Å²) in [6, 6.07) is 11.4. The molecule has 1 saturated heterocycles. The van der Waals surface area contributed by atoms with Crippen LogP contribution in [0, 0.1) is 0 Å². The number of H-pyrrole nitrogens is 2. The second-order valence-corrected chi connectivity index (χ2v) is 6.22. The maximum atomic E-state index is 11.8. The van der Waals surface area contributed by atoms with Gasteiger partial charge in [0.05, 0.1) is 6.33 Å². The van der Waals surface area contributed by atoms with Crippen molar-refractivity contribution in [1.29, 1.82) is 0 Å². The number of rotatable bonds is 4. The van der Waals surface area contributed by atoms with Gasteiger partial charge in [-0.2, -0.15) is 0 Å². The molecule has 3 heterocycles. The lowest BCUT2D eigenvalue weighted by atomic mass is 10.0. The van der Waals surface area contributed by atoms with Gasteiger partial charge in [-0.3, -0.25) is 4.79 Å². The van der Waals surface area contributed by atoms with Crippen LogP contribution in [0.25, 0.3) is 11.0 Å². The molecular weight excluding hydrogens is 288 g/mol. The lowest BCUT2D eigenvalue weighted by Gasteiger charge is -2.13. The lowest BCUT2D eigenvalue weighted by molar-refractivity contribution is 0.522. The van der Waals surface area contributed by atoms with E-state index in [9.17, 15) is 4.79 Å². The number of nitrogens with one attached hydrogen (secondary N) is 3. The zero-order valence-electron chi connectivity index (χ0n) is 12.9. The predicted octanol–water partition coefficient (Wildman–Crippen LogP) is 2.68. The van der Waals surface area contributed by atoms with Gasteiger partial charge in [0.2, 0.25) is 0 Å². The van der Waals surface area contributed by atoms with Crippen LogP contribution in [0.15, 0.2) is 47.7 Å². The molecule has 0 amide bonds. The van der Waals surface area contributed by atoms with Gasteiger partial charge in [0.1, 0.15) is 11.0 Å². The molecular formula is C18H20N4O. The van der Waals surface area contributed by atoms with Gasteiger partial charge in [0.25, 0.3) is 5.56 Å². The molecule has 5 heteroatoms. The molecule has 0 aliphatic carbocycles. The molecule has 1 aliphatic heterocycles. The summed E-state index contributed by atoms with van der Waals surface area (Å²) in [6.45, 7) is 0. The van der Waals surface area contributed by atoms with Crippen LogP contribution in [0.3, 0.4) is 0 Å². The molecule has 1 fully saturated rings. The van der Waals surface area contributed by atoms with E-state index in [1.165, 1.54) is 11.9 Å². The largest absolute Gasteiger partial charge is 0.355 e. The van der Waals surface area contributed by atoms with Gasteiger partial charge in [-0.15, -0.1) is 0 Å². The van der Waals surface area contributed by atoms with Gasteiger partial charge < -0.3 is 15.3 Å². The first-order chi connectivity index (χ1) is 11.3. The summed E-state index contributed by atoms with van der Waals surface area (Å²) in [5, 5.41) is 3.70. The highest BCUT2D eigenvalue weighted by Crippen LogP contribution is 2.31. The minimum absolute atomic E-state index is 0.111. The minimum atomic E-state index is -0.111. The molecule has 2 atom stereocenters. The van der Waals surface area contributed by atoms with Crippen LogP contribution >= 0.6 is 0 Å². The molecule has 0 bridgehead atoms. The van der Waals surface area contributed by atoms with Crippen molar-refractivity contribution < 1.29 is 0 Å². The van der Waals surface area contributed by atoms with Gasteiger partial charge in [0, 0.05) is 23.8 Å². The third kappa shape index (κ3) is 2.80. The fourth-order valence-electron chi connectivity index (χ4n) is 3.51. The molecule has 0 spiro atoms. The number of hydrogen-bond acceptors (Lipinski definition) is 3. The number of benzene rings is 1. The van der Waals surface area contributed by atoms with Crippen LogP contribution < -0.4 is 10.9 Å². The van der Waals surface area contributed by atoms with E-state index in [4.69, 9.17) is 0 Å². The molecule has 4 rings (SSSR count). The molecule has 2 aromatic heterocycles. The molecule has 3 aromatic rings. The fraction of sp³-hybridized carbons (Fsp3) is 0.333. The first-order valence-electron chi connectivity index (χ1n) is 8.16. The van der Waals surface area contributed by atoms with Crippen molar-refractivity contribution >= 4 is 11.0 Å². The van der Waals surface area contributed by atoms with Crippen LogP contribution in [-0.2, 0) is 6.42 Å². The van der Waals surface area contributed by atoms with Gasteiger partial charge in [0.15, 0.2) is 0 Å². The second-order valence-electron chi connectivity index (χ2n) is 6.22. The molecule has 0 radical (unpaired) electrons. The number of hydrogen-bond donors (Lipinski definition) is 3. The average Bonchev–Trinajstić information content (AvgIpc) is 3.21. The normalized spacial score (nSPS) is 21.0. The van der Waals surface area contributed by atoms with Crippen LogP contribution in [0.1, 0.15) is 36.4 Å². The van der Waals surface area contributed by atoms with E-state index in [1.54, 1.807) is 0 Å². The van der Waals surface area contributed by atoms with Crippen LogP contribution in [0.5, 0.6) is 0 Å². The molecule has 3 N–H and O–H groups in total. The molecule has 5 nitrogen and oxygen atoms in total. The topological polar surface area (TPSA) is 73.6 Å². The Morgan fingerprint density at radius 1 is 1.13 bits per heavy atom. The second kappa shape index (κ2) is 6.01. The van der Waals surface area contributed by atoms with Crippen molar-refractivity contribution in [3.8, 4) is 0 Å². The zero-order valence-corrected chi connectivity index (χ0v) is 12.9. The number of aryl methyl sites for hydroxylation is 1. The Morgan fingerprint density at radius 3 is 2.87 bits per heavy atom. The summed E-state index contributed by atoms with van der Waals surface area (Å²) in [6.07, 6.45) is 7.87. The van der Waals surface area contributed by atoms with Crippen molar-refractivity contribution in [2.75, 3.05) is 0 Å². The third-order valence-electron chi connectivity index (χ3n) is 4.74. The van der Waals surface area contributed by atoms with Crippen molar-refractivity contribution in [3.63, 3.8) is 0 Å². The summed E-state index contributed by atoms with van der Waals surface area (Å²) in [5.41, 5.74) is 3.73. The van der Waals surface area contributed by atoms with Gasteiger partial charge in [-0.05, 0) is 31.2 Å². The Morgan fingerprint density at radius 2 is 2.00 bits per heavy atom. The number of aromatic amines is 2. The SMILES string of the molecule is O=c1[nH]cnc2c([C@H]3CC[C@@H](CCc4ccccc4)N3)c[nH]c12. The Balaban J connectivity index is 1.45. The van der Waals surface area contributed by atoms with Crippen LogP contribution in [0.4, 0.5) is 0 Å². The highest BCUT2D eigenvalue weighted by molar-refractivity contribution is 5.78. The highest BCUT2D eigenvalue weighted by atomic mass is 16.1. The van der Waals surface area contributed by atoms with E-state index in [0.717, 1.165) is 36.8 Å². The summed E-state index contributed by atoms with van der Waals surface area (Å²) >= 11 is 0. The Kier molecular flexibility index (Phi) is 3.71. The van der Waals surface area contributed by atoms with Gasteiger partial charge in [-0.1, -0.05) is 30.3 Å². The molecule has 0 unspecified atom stereocenters. The minimum Gasteiger partial charge on any atom is -0.355 e. The summed E-state index contributed by atoms with van der Waals surface area (Å²) in [5.74, 6) is 0. The lowest BCUT2D eigenvalue weighted by Crippen LogP contribution is -2.24. The van der Waals surface area contributed by atoms with Crippen molar-refractivity contribution in [3.05, 3.63) is 64.3 Å². The molecule has 118 valence electrons. The van der Waals surface area contributed by atoms with E-state index in [0.29, 0.717) is 11.6 Å². The summed E-state index contributed by atoms with van der Waals surface area (Å²) in [7, 11) is 0. The Labute approximate surface area is 134 Å². The first-order valence-corrected chi connectivity index (χ1v) is 8.16. The fourth-order valence-corrected chi connectivity index (χ4v) is 3.51. The van der Waals surface area contributed by atoms with E-state index < -0.39 is 0 Å². The van der Waals surface area contributed by atoms with Crippen molar-refractivity contribution in [2.45, 2.75) is 37.8 Å². The molecule has 1 aromatic carbocycles. The standard InChI is InChI=1S/C18H20N4O/c23-18-17-16(20-11-21-18)14(10-19-17)15-9-8-13(22-15)7-6-12-4-2-1-3-5-12/h1-5,10-11,13,15,19,22H,6-9H2,(H,20,21,23)/t13-,15-/m1/s1. The van der Waals surface area contributed by atoms with Crippen LogP contribution in [0.2, 0.25) is 0 Å². The zero-order chi connectivity index (χ0) is 15.6. The smallest absolute Gasteiger partial charge is 0.275 e. The average molecular weight is 308 g/mol. The quantitative estimate of drug-likeness (QED) is 0.694. The van der Waals surface area contributed by atoms with Crippen molar-refractivity contribution in [1.82, 2.24) is 20.3 Å².